The number of phenols is 1. The van der Waals surface area contributed by atoms with E-state index in [0.29, 0.717) is 16.3 Å². The summed E-state index contributed by atoms with van der Waals surface area (Å²) < 4.78 is 0. The quantitative estimate of drug-likeness (QED) is 0.522. The molecule has 0 bridgehead atoms. The molecule has 122 valence electrons. The molecular weight excluding hydrogens is 394 g/mol. The molecule has 0 saturated carbocycles. The highest BCUT2D eigenvalue weighted by molar-refractivity contribution is 6.42. The lowest BCUT2D eigenvalue weighted by molar-refractivity contribution is -0.112. The van der Waals surface area contributed by atoms with Crippen molar-refractivity contribution in [3.05, 3.63) is 61.6 Å². The number of nitrogens with one attached hydrogen (secondary N) is 1. The van der Waals surface area contributed by atoms with Gasteiger partial charge in [0.1, 0.15) is 11.6 Å². The molecule has 8 heteroatoms. The van der Waals surface area contributed by atoms with Crippen molar-refractivity contribution in [2.45, 2.75) is 0 Å². The molecule has 24 heavy (non-hydrogen) atoms. The molecule has 0 aliphatic carbocycles. The number of anilines is 1. The molecule has 1 amide bonds. The molecule has 0 aromatic heterocycles. The molecule has 0 aliphatic rings. The number of rotatable bonds is 3. The Labute approximate surface area is 157 Å². The van der Waals surface area contributed by atoms with Gasteiger partial charge in [0.25, 0.3) is 5.91 Å². The molecule has 0 heterocycles. The topological polar surface area (TPSA) is 73.1 Å². The van der Waals surface area contributed by atoms with E-state index in [4.69, 9.17) is 46.4 Å². The summed E-state index contributed by atoms with van der Waals surface area (Å²) in [6.45, 7) is 0. The molecule has 2 aromatic rings. The van der Waals surface area contributed by atoms with Gasteiger partial charge in [-0.25, -0.2) is 0 Å². The van der Waals surface area contributed by atoms with E-state index in [-0.39, 0.29) is 26.4 Å². The van der Waals surface area contributed by atoms with Gasteiger partial charge in [-0.05, 0) is 42.0 Å². The molecule has 0 atom stereocenters. The molecular formula is C16H8Cl4N2O2. The van der Waals surface area contributed by atoms with Crippen molar-refractivity contribution in [3.63, 3.8) is 0 Å². The SMILES string of the molecule is N#C/C(=C\c1cc(Cl)c(O)c(Cl)c1)C(=O)Nc1ccc(Cl)c(Cl)c1. The van der Waals surface area contributed by atoms with E-state index < -0.39 is 5.91 Å². The lowest BCUT2D eigenvalue weighted by Gasteiger charge is -2.06. The van der Waals surface area contributed by atoms with Crippen molar-refractivity contribution in [3.8, 4) is 11.8 Å². The van der Waals surface area contributed by atoms with Crippen LogP contribution in [0.3, 0.4) is 0 Å². The van der Waals surface area contributed by atoms with Gasteiger partial charge in [-0.1, -0.05) is 46.4 Å². The molecule has 2 rings (SSSR count). The smallest absolute Gasteiger partial charge is 0.266 e. The molecule has 0 unspecified atom stereocenters. The summed E-state index contributed by atoms with van der Waals surface area (Å²) in [7, 11) is 0. The molecule has 0 spiro atoms. The van der Waals surface area contributed by atoms with E-state index in [1.54, 1.807) is 12.1 Å². The monoisotopic (exact) mass is 400 g/mol. The average Bonchev–Trinajstić information content (AvgIpc) is 2.53. The fourth-order valence-electron chi connectivity index (χ4n) is 1.76. The normalized spacial score (nSPS) is 11.0. The van der Waals surface area contributed by atoms with Crippen molar-refractivity contribution < 1.29 is 9.90 Å². The van der Waals surface area contributed by atoms with Crippen molar-refractivity contribution in [2.75, 3.05) is 5.32 Å². The van der Waals surface area contributed by atoms with Gasteiger partial charge in [-0.3, -0.25) is 4.79 Å². The number of aromatic hydroxyl groups is 1. The first-order valence-corrected chi connectivity index (χ1v) is 7.89. The second-order valence-electron chi connectivity index (χ2n) is 4.59. The van der Waals surface area contributed by atoms with E-state index in [2.05, 4.69) is 5.32 Å². The van der Waals surface area contributed by atoms with Crippen LogP contribution < -0.4 is 5.32 Å². The maximum atomic E-state index is 12.2. The first-order valence-electron chi connectivity index (χ1n) is 6.38. The minimum Gasteiger partial charge on any atom is -0.505 e. The first-order chi connectivity index (χ1) is 11.3. The zero-order chi connectivity index (χ0) is 17.9. The number of nitriles is 1. The van der Waals surface area contributed by atoms with Crippen molar-refractivity contribution >= 4 is 64.1 Å². The van der Waals surface area contributed by atoms with E-state index in [0.717, 1.165) is 0 Å². The lowest BCUT2D eigenvalue weighted by Crippen LogP contribution is -2.13. The van der Waals surface area contributed by atoms with Crippen molar-refractivity contribution in [2.24, 2.45) is 0 Å². The molecule has 0 radical (unpaired) electrons. The average molecular weight is 402 g/mol. The summed E-state index contributed by atoms with van der Waals surface area (Å²) in [4.78, 5) is 12.2. The third kappa shape index (κ3) is 4.34. The Bertz CT molecular complexity index is 865. The second kappa shape index (κ2) is 7.78. The van der Waals surface area contributed by atoms with E-state index >= 15 is 0 Å². The van der Waals surface area contributed by atoms with Crippen LogP contribution in [0.5, 0.6) is 5.75 Å². The number of phenolic OH excluding ortho intramolecular Hbond substituents is 1. The Morgan fingerprint density at radius 2 is 1.67 bits per heavy atom. The molecule has 0 fully saturated rings. The van der Waals surface area contributed by atoms with Gasteiger partial charge in [-0.2, -0.15) is 5.26 Å². The molecule has 0 aliphatic heterocycles. The van der Waals surface area contributed by atoms with Crippen LogP contribution in [-0.2, 0) is 4.79 Å². The van der Waals surface area contributed by atoms with E-state index in [1.807, 2.05) is 0 Å². The summed E-state index contributed by atoms with van der Waals surface area (Å²) in [6.07, 6.45) is 1.30. The van der Waals surface area contributed by atoms with E-state index in [9.17, 15) is 15.2 Å². The van der Waals surface area contributed by atoms with Gasteiger partial charge in [0.05, 0.1) is 20.1 Å². The van der Waals surface area contributed by atoms with Crippen LogP contribution >= 0.6 is 46.4 Å². The van der Waals surface area contributed by atoms with Gasteiger partial charge < -0.3 is 10.4 Å². The van der Waals surface area contributed by atoms with Gasteiger partial charge >= 0.3 is 0 Å². The number of halogens is 4. The minimum atomic E-state index is -0.642. The summed E-state index contributed by atoms with van der Waals surface area (Å²) in [5.74, 6) is -0.912. The second-order valence-corrected chi connectivity index (χ2v) is 6.21. The van der Waals surface area contributed by atoms with E-state index in [1.165, 1.54) is 30.3 Å². The summed E-state index contributed by atoms with van der Waals surface area (Å²) in [5, 5.41) is 21.9. The molecule has 0 saturated heterocycles. The van der Waals surface area contributed by atoms with Crippen LogP contribution in [0.4, 0.5) is 5.69 Å². The predicted molar refractivity (Wildman–Crippen MR) is 96.8 cm³/mol. The number of hydrogen-bond donors (Lipinski definition) is 2. The van der Waals surface area contributed by atoms with Gasteiger partial charge in [0, 0.05) is 5.69 Å². The number of carbonyl (C=O) groups is 1. The first kappa shape index (κ1) is 18.4. The largest absolute Gasteiger partial charge is 0.505 e. The van der Waals surface area contributed by atoms with Crippen LogP contribution in [0.25, 0.3) is 6.08 Å². The van der Waals surface area contributed by atoms with Crippen molar-refractivity contribution in [1.29, 1.82) is 5.26 Å². The van der Waals surface area contributed by atoms with Gasteiger partial charge in [-0.15, -0.1) is 0 Å². The maximum Gasteiger partial charge on any atom is 0.266 e. The van der Waals surface area contributed by atoms with Gasteiger partial charge in [0.2, 0.25) is 0 Å². The Morgan fingerprint density at radius 3 is 2.21 bits per heavy atom. The molecule has 2 aromatic carbocycles. The number of carbonyl (C=O) groups excluding carboxylic acids is 1. The highest BCUT2D eigenvalue weighted by atomic mass is 35.5. The lowest BCUT2D eigenvalue weighted by atomic mass is 10.1. The molecule has 2 N–H and O–H groups in total. The summed E-state index contributed by atoms with van der Waals surface area (Å²) >= 11 is 23.3. The minimum absolute atomic E-state index is 0.0101. The maximum absolute atomic E-state index is 12.2. The molecule has 4 nitrogen and oxygen atoms in total. The zero-order valence-corrected chi connectivity index (χ0v) is 14.8. The summed E-state index contributed by atoms with van der Waals surface area (Å²) in [5.41, 5.74) is 0.597. The van der Waals surface area contributed by atoms with Crippen LogP contribution in [-0.4, -0.2) is 11.0 Å². The Morgan fingerprint density at radius 1 is 1.04 bits per heavy atom. The van der Waals surface area contributed by atoms with Crippen LogP contribution in [0.15, 0.2) is 35.9 Å². The van der Waals surface area contributed by atoms with Crippen molar-refractivity contribution in [1.82, 2.24) is 0 Å². The van der Waals surface area contributed by atoms with Crippen LogP contribution in [0, 0.1) is 11.3 Å². The fourth-order valence-corrected chi connectivity index (χ4v) is 2.56. The number of nitrogens with zero attached hydrogens (tertiary/aromatic N) is 1. The highest BCUT2D eigenvalue weighted by Gasteiger charge is 2.12. The number of amides is 1. The standard InChI is InChI=1S/C16H8Cl4N2O2/c17-11-2-1-10(6-12(11)18)22-16(24)9(7-21)3-8-4-13(19)15(23)14(20)5-8/h1-6,23H,(H,22,24)/b9-3+. The predicted octanol–water partition coefficient (Wildman–Crippen LogP) is 5.55. The highest BCUT2D eigenvalue weighted by Crippen LogP contribution is 2.33. The number of hydrogen-bond acceptors (Lipinski definition) is 3. The fraction of sp³-hybridized carbons (Fsp3) is 0. The Kier molecular flexibility index (Phi) is 5.98. The third-order valence-electron chi connectivity index (χ3n) is 2.89. The van der Waals surface area contributed by atoms with Crippen LogP contribution in [0.2, 0.25) is 20.1 Å². The third-order valence-corrected chi connectivity index (χ3v) is 4.21. The summed E-state index contributed by atoms with van der Waals surface area (Å²) in [6, 6.07) is 9.09. The van der Waals surface area contributed by atoms with Crippen LogP contribution in [0.1, 0.15) is 5.56 Å². The Hall–Kier alpha value is -1.90. The zero-order valence-electron chi connectivity index (χ0n) is 11.8. The number of benzene rings is 2. The van der Waals surface area contributed by atoms with Gasteiger partial charge in [0.15, 0.2) is 5.75 Å². The Balaban J connectivity index is 2.29.